The Hall–Kier alpha value is -2.50. The van der Waals surface area contributed by atoms with Crippen LogP contribution in [0.15, 0.2) is 35.3 Å². The largest absolute Gasteiger partial charge is 0.489 e. The van der Waals surface area contributed by atoms with Crippen LogP contribution in [-0.2, 0) is 13.5 Å². The first-order valence-corrected chi connectivity index (χ1v) is 9.08. The maximum absolute atomic E-state index is 5.89. The van der Waals surface area contributed by atoms with Crippen LogP contribution in [0, 0.1) is 13.8 Å². The Balaban J connectivity index is 1.83. The molecule has 0 aliphatic rings. The van der Waals surface area contributed by atoms with Crippen molar-refractivity contribution in [2.75, 3.05) is 13.6 Å². The van der Waals surface area contributed by atoms with Crippen molar-refractivity contribution < 1.29 is 4.74 Å². The van der Waals surface area contributed by atoms with E-state index < -0.39 is 0 Å². The third kappa shape index (κ3) is 5.51. The molecule has 0 fully saturated rings. The molecule has 2 rings (SSSR count). The molecule has 0 amide bonds. The Labute approximate surface area is 156 Å². The number of nitrogens with one attached hydrogen (secondary N) is 2. The second-order valence-electron chi connectivity index (χ2n) is 6.72. The molecule has 142 valence electrons. The predicted molar refractivity (Wildman–Crippen MR) is 107 cm³/mol. The van der Waals surface area contributed by atoms with Gasteiger partial charge < -0.3 is 15.4 Å². The van der Waals surface area contributed by atoms with E-state index in [1.54, 1.807) is 7.05 Å². The zero-order chi connectivity index (χ0) is 19.1. The van der Waals surface area contributed by atoms with Crippen molar-refractivity contribution in [3.63, 3.8) is 0 Å². The lowest BCUT2D eigenvalue weighted by Crippen LogP contribution is -2.45. The van der Waals surface area contributed by atoms with Gasteiger partial charge in [0, 0.05) is 25.8 Å². The number of aliphatic imine (C=N–C) groups is 1. The molecule has 0 aliphatic carbocycles. The Morgan fingerprint density at radius 3 is 2.50 bits per heavy atom. The molecule has 1 aromatic carbocycles. The highest BCUT2D eigenvalue weighted by Crippen LogP contribution is 2.14. The van der Waals surface area contributed by atoms with Crippen molar-refractivity contribution in [2.24, 2.45) is 12.0 Å². The fraction of sp³-hybridized carbons (Fsp3) is 0.500. The molecule has 2 aromatic rings. The summed E-state index contributed by atoms with van der Waals surface area (Å²) in [5.41, 5.74) is 3.60. The van der Waals surface area contributed by atoms with Crippen LogP contribution in [0.5, 0.6) is 5.75 Å². The van der Waals surface area contributed by atoms with Crippen molar-refractivity contribution in [2.45, 2.75) is 46.3 Å². The van der Waals surface area contributed by atoms with E-state index in [0.29, 0.717) is 6.54 Å². The van der Waals surface area contributed by atoms with Gasteiger partial charge in [-0.05, 0) is 51.8 Å². The summed E-state index contributed by atoms with van der Waals surface area (Å²) in [6.07, 6.45) is 0.941. The molecule has 6 nitrogen and oxygen atoms in total. The van der Waals surface area contributed by atoms with E-state index in [1.165, 1.54) is 11.3 Å². The quantitative estimate of drug-likeness (QED) is 0.591. The lowest BCUT2D eigenvalue weighted by Gasteiger charge is -2.20. The van der Waals surface area contributed by atoms with Crippen molar-refractivity contribution >= 4 is 5.96 Å². The van der Waals surface area contributed by atoms with Gasteiger partial charge in [0.15, 0.2) is 5.96 Å². The average Bonchev–Trinajstić information content (AvgIpc) is 2.85. The molecular formula is C20H31N5O. The smallest absolute Gasteiger partial charge is 0.191 e. The molecule has 0 saturated carbocycles. The van der Waals surface area contributed by atoms with E-state index in [9.17, 15) is 0 Å². The highest BCUT2D eigenvalue weighted by molar-refractivity contribution is 5.80. The molecule has 0 bridgehead atoms. The second kappa shape index (κ2) is 9.27. The number of benzene rings is 1. The number of aryl methyl sites for hydroxylation is 2. The second-order valence-corrected chi connectivity index (χ2v) is 6.72. The zero-order valence-electron chi connectivity index (χ0n) is 16.7. The maximum Gasteiger partial charge on any atom is 0.191 e. The molecule has 0 aliphatic heterocycles. The molecule has 2 N–H and O–H groups in total. The first-order chi connectivity index (χ1) is 12.4. The summed E-state index contributed by atoms with van der Waals surface area (Å²) in [6, 6.07) is 10.1. The first-order valence-electron chi connectivity index (χ1n) is 9.08. The van der Waals surface area contributed by atoms with E-state index in [4.69, 9.17) is 4.74 Å². The molecule has 0 saturated heterocycles. The summed E-state index contributed by atoms with van der Waals surface area (Å²) in [6.45, 7) is 9.04. The lowest BCUT2D eigenvalue weighted by molar-refractivity contribution is 0.223. The topological polar surface area (TPSA) is 63.5 Å². The number of nitrogens with zero attached hydrogens (tertiary/aromatic N) is 3. The van der Waals surface area contributed by atoms with Gasteiger partial charge >= 0.3 is 0 Å². The molecular weight excluding hydrogens is 326 g/mol. The minimum atomic E-state index is 0.0362. The number of ether oxygens (including phenoxy) is 1. The number of hydrogen-bond donors (Lipinski definition) is 2. The van der Waals surface area contributed by atoms with Gasteiger partial charge in [0.1, 0.15) is 11.9 Å². The van der Waals surface area contributed by atoms with Crippen molar-refractivity contribution in [1.29, 1.82) is 0 Å². The van der Waals surface area contributed by atoms with Crippen LogP contribution < -0.4 is 15.4 Å². The molecule has 0 spiro atoms. The third-order valence-electron chi connectivity index (χ3n) is 4.41. The average molecular weight is 358 g/mol. The normalized spacial score (nSPS) is 14.0. The minimum Gasteiger partial charge on any atom is -0.489 e. The van der Waals surface area contributed by atoms with Crippen molar-refractivity contribution in [3.05, 3.63) is 47.3 Å². The van der Waals surface area contributed by atoms with E-state index in [0.717, 1.165) is 23.8 Å². The standard InChI is InChI=1S/C20H31N5O/c1-14(12-19-16(3)24-25(6)17(19)4)23-20(21-5)22-13-15(2)26-18-10-8-7-9-11-18/h7-11,14-15H,12-13H2,1-6H3,(H2,21,22,23). The van der Waals surface area contributed by atoms with Crippen LogP contribution >= 0.6 is 0 Å². The minimum absolute atomic E-state index is 0.0362. The Morgan fingerprint density at radius 2 is 1.92 bits per heavy atom. The van der Waals surface area contributed by atoms with Gasteiger partial charge in [-0.3, -0.25) is 9.67 Å². The summed E-state index contributed by atoms with van der Waals surface area (Å²) in [5.74, 6) is 1.65. The van der Waals surface area contributed by atoms with Crippen LogP contribution in [0.3, 0.4) is 0 Å². The summed E-state index contributed by atoms with van der Waals surface area (Å²) < 4.78 is 7.83. The molecule has 6 heteroatoms. The van der Waals surface area contributed by atoms with Crippen molar-refractivity contribution in [3.8, 4) is 5.75 Å². The summed E-state index contributed by atoms with van der Waals surface area (Å²) >= 11 is 0. The van der Waals surface area contributed by atoms with Crippen LogP contribution in [0.4, 0.5) is 0 Å². The highest BCUT2D eigenvalue weighted by atomic mass is 16.5. The van der Waals surface area contributed by atoms with E-state index in [1.807, 2.05) is 49.0 Å². The molecule has 2 unspecified atom stereocenters. The van der Waals surface area contributed by atoms with Gasteiger partial charge in [-0.2, -0.15) is 5.10 Å². The zero-order valence-corrected chi connectivity index (χ0v) is 16.7. The molecule has 2 atom stereocenters. The number of guanidine groups is 1. The number of hydrogen-bond acceptors (Lipinski definition) is 3. The number of rotatable bonds is 7. The summed E-state index contributed by atoms with van der Waals surface area (Å²) in [4.78, 5) is 4.32. The van der Waals surface area contributed by atoms with Crippen molar-refractivity contribution in [1.82, 2.24) is 20.4 Å². The molecule has 26 heavy (non-hydrogen) atoms. The van der Waals surface area contributed by atoms with E-state index >= 15 is 0 Å². The molecule has 1 aromatic heterocycles. The van der Waals surface area contributed by atoms with Crippen LogP contribution in [0.1, 0.15) is 30.8 Å². The van der Waals surface area contributed by atoms with Crippen LogP contribution in [-0.4, -0.2) is 41.5 Å². The van der Waals surface area contributed by atoms with Gasteiger partial charge in [0.2, 0.25) is 0 Å². The van der Waals surface area contributed by atoms with E-state index in [2.05, 4.69) is 41.5 Å². The van der Waals surface area contributed by atoms with Crippen LogP contribution in [0.2, 0.25) is 0 Å². The Kier molecular flexibility index (Phi) is 7.06. The van der Waals surface area contributed by atoms with Gasteiger partial charge in [-0.25, -0.2) is 0 Å². The van der Waals surface area contributed by atoms with Gasteiger partial charge in [-0.15, -0.1) is 0 Å². The Bertz CT molecular complexity index is 723. The lowest BCUT2D eigenvalue weighted by atomic mass is 10.1. The number of aromatic nitrogens is 2. The third-order valence-corrected chi connectivity index (χ3v) is 4.41. The van der Waals surface area contributed by atoms with Gasteiger partial charge in [0.05, 0.1) is 12.2 Å². The number of para-hydroxylation sites is 1. The highest BCUT2D eigenvalue weighted by Gasteiger charge is 2.14. The fourth-order valence-corrected chi connectivity index (χ4v) is 2.91. The first kappa shape index (κ1) is 19.8. The Morgan fingerprint density at radius 1 is 1.23 bits per heavy atom. The maximum atomic E-state index is 5.89. The van der Waals surface area contributed by atoms with Crippen LogP contribution in [0.25, 0.3) is 0 Å². The summed E-state index contributed by atoms with van der Waals surface area (Å²) in [7, 11) is 3.77. The summed E-state index contributed by atoms with van der Waals surface area (Å²) in [5, 5.41) is 11.3. The van der Waals surface area contributed by atoms with Gasteiger partial charge in [0.25, 0.3) is 0 Å². The SMILES string of the molecule is CN=C(NCC(C)Oc1ccccc1)NC(C)Cc1c(C)nn(C)c1C. The van der Waals surface area contributed by atoms with Gasteiger partial charge in [-0.1, -0.05) is 18.2 Å². The fourth-order valence-electron chi connectivity index (χ4n) is 2.91. The monoisotopic (exact) mass is 357 g/mol. The molecule has 1 heterocycles. The predicted octanol–water partition coefficient (Wildman–Crippen LogP) is 2.60. The molecule has 0 radical (unpaired) electrons. The van der Waals surface area contributed by atoms with E-state index in [-0.39, 0.29) is 12.1 Å².